The summed E-state index contributed by atoms with van der Waals surface area (Å²) in [5.74, 6) is -0.0417. The number of nitrogens with one attached hydrogen (secondary N) is 2. The predicted octanol–water partition coefficient (Wildman–Crippen LogP) is 2.19. The van der Waals surface area contributed by atoms with Crippen LogP contribution in [0.25, 0.3) is 0 Å². The SMILES string of the molecule is CCNC(=O)c1ccc(C)c(NC(C)COC)c1. The zero-order valence-corrected chi connectivity index (χ0v) is 11.5. The molecule has 1 rings (SSSR count). The van der Waals surface area contributed by atoms with E-state index in [9.17, 15) is 4.79 Å². The van der Waals surface area contributed by atoms with E-state index in [0.717, 1.165) is 11.3 Å². The van der Waals surface area contributed by atoms with Gasteiger partial charge in [0.05, 0.1) is 6.61 Å². The molecule has 0 radical (unpaired) electrons. The van der Waals surface area contributed by atoms with E-state index in [4.69, 9.17) is 4.74 Å². The topological polar surface area (TPSA) is 50.4 Å². The second kappa shape index (κ2) is 7.01. The maximum atomic E-state index is 11.8. The quantitative estimate of drug-likeness (QED) is 0.813. The molecular weight excluding hydrogens is 228 g/mol. The summed E-state index contributed by atoms with van der Waals surface area (Å²) < 4.78 is 5.09. The van der Waals surface area contributed by atoms with Gasteiger partial charge in [-0.15, -0.1) is 0 Å². The van der Waals surface area contributed by atoms with E-state index in [-0.39, 0.29) is 11.9 Å². The van der Waals surface area contributed by atoms with Gasteiger partial charge in [0.15, 0.2) is 0 Å². The van der Waals surface area contributed by atoms with Crippen LogP contribution in [0.15, 0.2) is 18.2 Å². The zero-order chi connectivity index (χ0) is 13.5. The summed E-state index contributed by atoms with van der Waals surface area (Å²) in [7, 11) is 1.68. The summed E-state index contributed by atoms with van der Waals surface area (Å²) in [5.41, 5.74) is 2.77. The van der Waals surface area contributed by atoms with Crippen molar-refractivity contribution in [3.63, 3.8) is 0 Å². The first-order valence-corrected chi connectivity index (χ1v) is 6.22. The van der Waals surface area contributed by atoms with E-state index in [2.05, 4.69) is 10.6 Å². The molecule has 0 bridgehead atoms. The molecule has 0 aliphatic carbocycles. The fourth-order valence-corrected chi connectivity index (χ4v) is 1.74. The number of rotatable bonds is 6. The minimum Gasteiger partial charge on any atom is -0.383 e. The minimum atomic E-state index is -0.0417. The standard InChI is InChI=1S/C14H22N2O2/c1-5-15-14(17)12-7-6-10(2)13(8-12)16-11(3)9-18-4/h6-8,11,16H,5,9H2,1-4H3,(H,15,17). The van der Waals surface area contributed by atoms with Crippen LogP contribution in [0.4, 0.5) is 5.69 Å². The summed E-state index contributed by atoms with van der Waals surface area (Å²) in [6.45, 7) is 7.23. The Morgan fingerprint density at radius 3 is 2.78 bits per heavy atom. The number of ether oxygens (including phenoxy) is 1. The number of benzene rings is 1. The molecule has 1 amide bonds. The molecule has 4 nitrogen and oxygen atoms in total. The van der Waals surface area contributed by atoms with Crippen LogP contribution in [0.3, 0.4) is 0 Å². The van der Waals surface area contributed by atoms with Crippen molar-refractivity contribution in [3.05, 3.63) is 29.3 Å². The van der Waals surface area contributed by atoms with Gasteiger partial charge >= 0.3 is 0 Å². The van der Waals surface area contributed by atoms with Crippen LogP contribution in [0.1, 0.15) is 29.8 Å². The lowest BCUT2D eigenvalue weighted by Gasteiger charge is -2.17. The number of carbonyl (C=O) groups excluding carboxylic acids is 1. The summed E-state index contributed by atoms with van der Waals surface area (Å²) in [6, 6.07) is 5.88. The first kappa shape index (κ1) is 14.5. The Morgan fingerprint density at radius 1 is 1.44 bits per heavy atom. The van der Waals surface area contributed by atoms with Crippen LogP contribution >= 0.6 is 0 Å². The van der Waals surface area contributed by atoms with Gasteiger partial charge < -0.3 is 15.4 Å². The molecule has 4 heteroatoms. The number of anilines is 1. The largest absolute Gasteiger partial charge is 0.383 e. The Bertz CT molecular complexity index is 405. The van der Waals surface area contributed by atoms with Gasteiger partial charge in [-0.25, -0.2) is 0 Å². The molecule has 0 fully saturated rings. The number of hydrogen-bond donors (Lipinski definition) is 2. The van der Waals surface area contributed by atoms with E-state index < -0.39 is 0 Å². The van der Waals surface area contributed by atoms with E-state index in [0.29, 0.717) is 18.7 Å². The van der Waals surface area contributed by atoms with Crippen molar-refractivity contribution < 1.29 is 9.53 Å². The lowest BCUT2D eigenvalue weighted by atomic mass is 10.1. The van der Waals surface area contributed by atoms with Crippen LogP contribution in [0, 0.1) is 6.92 Å². The highest BCUT2D eigenvalue weighted by molar-refractivity contribution is 5.95. The fourth-order valence-electron chi connectivity index (χ4n) is 1.74. The number of amides is 1. The van der Waals surface area contributed by atoms with E-state index >= 15 is 0 Å². The molecule has 0 saturated heterocycles. The van der Waals surface area contributed by atoms with Crippen LogP contribution < -0.4 is 10.6 Å². The van der Waals surface area contributed by atoms with Gasteiger partial charge in [0, 0.05) is 30.9 Å². The summed E-state index contributed by atoms with van der Waals surface area (Å²) in [5, 5.41) is 6.14. The van der Waals surface area contributed by atoms with Gasteiger partial charge in [0.2, 0.25) is 0 Å². The van der Waals surface area contributed by atoms with E-state index in [1.165, 1.54) is 0 Å². The van der Waals surface area contributed by atoms with Gasteiger partial charge in [-0.2, -0.15) is 0 Å². The van der Waals surface area contributed by atoms with Gasteiger partial charge in [-0.3, -0.25) is 4.79 Å². The fraction of sp³-hybridized carbons (Fsp3) is 0.500. The molecule has 1 aromatic rings. The molecule has 0 aromatic heterocycles. The lowest BCUT2D eigenvalue weighted by molar-refractivity contribution is 0.0956. The van der Waals surface area contributed by atoms with Crippen molar-refractivity contribution in [3.8, 4) is 0 Å². The smallest absolute Gasteiger partial charge is 0.251 e. The van der Waals surface area contributed by atoms with Gasteiger partial charge in [-0.1, -0.05) is 6.07 Å². The van der Waals surface area contributed by atoms with E-state index in [1.807, 2.05) is 39.0 Å². The molecule has 0 saturated carbocycles. The Labute approximate surface area is 109 Å². The van der Waals surface area contributed by atoms with Gasteiger partial charge in [-0.05, 0) is 38.5 Å². The highest BCUT2D eigenvalue weighted by Gasteiger charge is 2.09. The minimum absolute atomic E-state index is 0.0417. The molecule has 0 spiro atoms. The second-order valence-corrected chi connectivity index (χ2v) is 4.39. The van der Waals surface area contributed by atoms with Crippen molar-refractivity contribution in [1.29, 1.82) is 0 Å². The van der Waals surface area contributed by atoms with Crippen molar-refractivity contribution in [1.82, 2.24) is 5.32 Å². The number of carbonyl (C=O) groups is 1. The highest BCUT2D eigenvalue weighted by Crippen LogP contribution is 2.18. The summed E-state index contributed by atoms with van der Waals surface area (Å²) >= 11 is 0. The molecule has 100 valence electrons. The normalized spacial score (nSPS) is 12.0. The van der Waals surface area contributed by atoms with Crippen LogP contribution in [0.5, 0.6) is 0 Å². The maximum Gasteiger partial charge on any atom is 0.251 e. The molecule has 1 aromatic carbocycles. The Morgan fingerprint density at radius 2 is 2.17 bits per heavy atom. The second-order valence-electron chi connectivity index (χ2n) is 4.39. The average molecular weight is 250 g/mol. The Hall–Kier alpha value is -1.55. The molecule has 18 heavy (non-hydrogen) atoms. The molecule has 0 aliphatic heterocycles. The number of hydrogen-bond acceptors (Lipinski definition) is 3. The molecule has 2 N–H and O–H groups in total. The van der Waals surface area contributed by atoms with E-state index in [1.54, 1.807) is 7.11 Å². The first-order chi connectivity index (χ1) is 8.58. The van der Waals surface area contributed by atoms with Crippen molar-refractivity contribution in [2.45, 2.75) is 26.8 Å². The zero-order valence-electron chi connectivity index (χ0n) is 11.5. The highest BCUT2D eigenvalue weighted by atomic mass is 16.5. The molecule has 1 atom stereocenters. The number of aryl methyl sites for hydroxylation is 1. The number of methoxy groups -OCH3 is 1. The molecule has 0 heterocycles. The molecule has 1 unspecified atom stereocenters. The average Bonchev–Trinajstić information content (AvgIpc) is 2.32. The predicted molar refractivity (Wildman–Crippen MR) is 74.1 cm³/mol. The first-order valence-electron chi connectivity index (χ1n) is 6.22. The maximum absolute atomic E-state index is 11.8. The van der Waals surface area contributed by atoms with Crippen LogP contribution in [-0.4, -0.2) is 32.2 Å². The van der Waals surface area contributed by atoms with Gasteiger partial charge in [0.25, 0.3) is 5.91 Å². The van der Waals surface area contributed by atoms with Crippen LogP contribution in [0.2, 0.25) is 0 Å². The van der Waals surface area contributed by atoms with Crippen molar-refractivity contribution in [2.24, 2.45) is 0 Å². The Balaban J connectivity index is 2.84. The third-order valence-corrected chi connectivity index (χ3v) is 2.66. The van der Waals surface area contributed by atoms with Crippen LogP contribution in [-0.2, 0) is 4.74 Å². The molecule has 0 aliphatic rings. The third-order valence-electron chi connectivity index (χ3n) is 2.66. The Kier molecular flexibility index (Phi) is 5.65. The summed E-state index contributed by atoms with van der Waals surface area (Å²) in [6.07, 6.45) is 0. The lowest BCUT2D eigenvalue weighted by Crippen LogP contribution is -2.24. The third kappa shape index (κ3) is 4.04. The summed E-state index contributed by atoms with van der Waals surface area (Å²) in [4.78, 5) is 11.8. The monoisotopic (exact) mass is 250 g/mol. The molecular formula is C14H22N2O2. The van der Waals surface area contributed by atoms with Crippen molar-refractivity contribution >= 4 is 11.6 Å². The van der Waals surface area contributed by atoms with Gasteiger partial charge in [0.1, 0.15) is 0 Å². The van der Waals surface area contributed by atoms with Crippen molar-refractivity contribution in [2.75, 3.05) is 25.6 Å².